The zero-order valence-electron chi connectivity index (χ0n) is 22.3. The predicted octanol–water partition coefficient (Wildman–Crippen LogP) is 4.90. The smallest absolute Gasteiger partial charge is 0.407 e. The molecule has 3 aromatic carbocycles. The van der Waals surface area contributed by atoms with E-state index in [0.717, 1.165) is 27.9 Å². The van der Waals surface area contributed by atoms with Crippen molar-refractivity contribution in [1.29, 1.82) is 0 Å². The second-order valence-corrected chi connectivity index (χ2v) is 10.3. The maximum absolute atomic E-state index is 11.7. The summed E-state index contributed by atoms with van der Waals surface area (Å²) >= 11 is 1.53. The molecule has 4 aromatic rings. The highest BCUT2D eigenvalue weighted by Crippen LogP contribution is 2.39. The molecule has 0 radical (unpaired) electrons. The Morgan fingerprint density at radius 2 is 1.78 bits per heavy atom. The minimum atomic E-state index is -0.596. The van der Waals surface area contributed by atoms with Crippen LogP contribution in [0.2, 0.25) is 0 Å². The Morgan fingerprint density at radius 1 is 1.05 bits per heavy atom. The summed E-state index contributed by atoms with van der Waals surface area (Å²) in [5, 5.41) is 25.1. The van der Waals surface area contributed by atoms with Gasteiger partial charge in [0.15, 0.2) is 6.29 Å². The van der Waals surface area contributed by atoms with E-state index < -0.39 is 12.4 Å². The Balaban J connectivity index is 1.29. The first kappa shape index (κ1) is 28.5. The van der Waals surface area contributed by atoms with Gasteiger partial charge in [-0.1, -0.05) is 91.1 Å². The number of nitrogens with zero attached hydrogens (tertiary/aromatic N) is 4. The number of carbonyl (C=O) groups is 1. The molecule has 10 nitrogen and oxygen atoms in total. The molecule has 212 valence electrons. The summed E-state index contributed by atoms with van der Waals surface area (Å²) in [6.07, 6.45) is 0.706. The molecule has 0 saturated carbocycles. The Hall–Kier alpha value is -4.03. The van der Waals surface area contributed by atoms with Gasteiger partial charge in [0.05, 0.1) is 24.5 Å². The molecule has 1 amide bonds. The summed E-state index contributed by atoms with van der Waals surface area (Å²) in [6, 6.07) is 25.3. The number of aliphatic hydroxyl groups excluding tert-OH is 1. The van der Waals surface area contributed by atoms with E-state index in [-0.39, 0.29) is 25.4 Å². The molecule has 5 rings (SSSR count). The Bertz CT molecular complexity index is 1420. The van der Waals surface area contributed by atoms with Crippen LogP contribution < -0.4 is 5.32 Å². The first-order chi connectivity index (χ1) is 20.1. The summed E-state index contributed by atoms with van der Waals surface area (Å²) in [5.41, 5.74) is 4.52. The molecule has 1 saturated heterocycles. The normalized spacial score (nSPS) is 18.5. The molecule has 0 spiro atoms. The fraction of sp³-hybridized carbons (Fsp3) is 0.267. The highest BCUT2D eigenvalue weighted by Gasteiger charge is 2.32. The van der Waals surface area contributed by atoms with Crippen LogP contribution >= 0.6 is 11.8 Å². The third-order valence-corrected chi connectivity index (χ3v) is 7.53. The van der Waals surface area contributed by atoms with Crippen LogP contribution in [0.15, 0.2) is 96.7 Å². The molecule has 11 heteroatoms. The van der Waals surface area contributed by atoms with E-state index in [1.165, 1.54) is 17.8 Å². The number of carbonyl (C=O) groups excluding carboxylic acids is 1. The molecule has 3 atom stereocenters. The minimum absolute atomic E-state index is 0.0138. The van der Waals surface area contributed by atoms with Crippen LogP contribution in [0.3, 0.4) is 0 Å². The van der Waals surface area contributed by atoms with Gasteiger partial charge in [0, 0.05) is 24.3 Å². The first-order valence-electron chi connectivity index (χ1n) is 13.2. The number of rotatable bonds is 11. The van der Waals surface area contributed by atoms with Crippen LogP contribution in [0.25, 0.3) is 5.69 Å². The number of hydrogen-bond acceptors (Lipinski definition) is 9. The number of amides is 1. The highest BCUT2D eigenvalue weighted by molar-refractivity contribution is 7.99. The zero-order valence-corrected chi connectivity index (χ0v) is 23.2. The quantitative estimate of drug-likeness (QED) is 0.191. The van der Waals surface area contributed by atoms with Crippen molar-refractivity contribution in [3.63, 3.8) is 0 Å². The van der Waals surface area contributed by atoms with Crippen LogP contribution in [0.1, 0.15) is 41.1 Å². The summed E-state index contributed by atoms with van der Waals surface area (Å²) in [5.74, 6) is 0.618. The molecule has 0 aliphatic carbocycles. The van der Waals surface area contributed by atoms with Crippen molar-refractivity contribution < 1.29 is 24.1 Å². The minimum Gasteiger partial charge on any atom is -0.445 e. The van der Waals surface area contributed by atoms with E-state index >= 15 is 0 Å². The molecule has 3 unspecified atom stereocenters. The van der Waals surface area contributed by atoms with Crippen molar-refractivity contribution in [2.24, 2.45) is 0 Å². The van der Waals surface area contributed by atoms with Crippen LogP contribution in [-0.2, 0) is 27.4 Å². The maximum Gasteiger partial charge on any atom is 0.407 e. The Kier molecular flexibility index (Phi) is 9.76. The van der Waals surface area contributed by atoms with Gasteiger partial charge in [0.2, 0.25) is 5.16 Å². The first-order valence-corrected chi connectivity index (χ1v) is 14.2. The molecular weight excluding hydrogens is 542 g/mol. The molecule has 1 fully saturated rings. The SMILES string of the molecule is C=CCOC(=O)NCc1ccc(C2OC(CSc3nnnn3-c3ccccc3)CC(c3ccc(CO)cc3)O2)cc1. The van der Waals surface area contributed by atoms with E-state index in [2.05, 4.69) is 27.4 Å². The summed E-state index contributed by atoms with van der Waals surface area (Å²) in [4.78, 5) is 11.7. The van der Waals surface area contributed by atoms with Crippen LogP contribution in [-0.4, -0.2) is 49.9 Å². The zero-order chi connectivity index (χ0) is 28.4. The molecule has 1 aromatic heterocycles. The molecular formula is C30H31N5O5S. The van der Waals surface area contributed by atoms with Gasteiger partial charge < -0.3 is 24.6 Å². The largest absolute Gasteiger partial charge is 0.445 e. The van der Waals surface area contributed by atoms with Crippen molar-refractivity contribution >= 4 is 17.9 Å². The summed E-state index contributed by atoms with van der Waals surface area (Å²) < 4.78 is 19.5. The van der Waals surface area contributed by atoms with Crippen LogP contribution in [0, 0.1) is 0 Å². The molecule has 1 aliphatic heterocycles. The lowest BCUT2D eigenvalue weighted by atomic mass is 10.0. The number of hydrogen-bond donors (Lipinski definition) is 2. The number of benzene rings is 3. The lowest BCUT2D eigenvalue weighted by Gasteiger charge is -2.36. The van der Waals surface area contributed by atoms with E-state index in [1.807, 2.05) is 78.9 Å². The predicted molar refractivity (Wildman–Crippen MR) is 153 cm³/mol. The van der Waals surface area contributed by atoms with Crippen molar-refractivity contribution in [2.45, 2.75) is 43.2 Å². The summed E-state index contributed by atoms with van der Waals surface area (Å²) in [7, 11) is 0. The number of nitrogens with one attached hydrogen (secondary N) is 1. The molecule has 41 heavy (non-hydrogen) atoms. The van der Waals surface area contributed by atoms with Gasteiger partial charge in [-0.2, -0.15) is 4.68 Å². The number of tetrazole rings is 1. The Morgan fingerprint density at radius 3 is 2.51 bits per heavy atom. The van der Waals surface area contributed by atoms with Gasteiger partial charge in [-0.05, 0) is 39.2 Å². The van der Waals surface area contributed by atoms with Crippen molar-refractivity contribution in [3.05, 3.63) is 114 Å². The third-order valence-electron chi connectivity index (χ3n) is 6.48. The standard InChI is InChI=1S/C30H31N5O5S/c1-2-16-38-30(37)31-18-21-8-14-24(15-9-21)28-39-26(17-27(40-28)23-12-10-22(19-36)11-13-23)20-41-29-32-33-34-35(29)25-6-4-3-5-7-25/h2-15,26-28,36H,1,16-20H2,(H,31,37). The maximum atomic E-state index is 11.7. The number of ether oxygens (including phenoxy) is 3. The van der Waals surface area contributed by atoms with Crippen LogP contribution in [0.4, 0.5) is 4.79 Å². The second-order valence-electron chi connectivity index (χ2n) is 9.35. The third kappa shape index (κ3) is 7.59. The fourth-order valence-electron chi connectivity index (χ4n) is 4.34. The van der Waals surface area contributed by atoms with E-state index in [0.29, 0.717) is 23.9 Å². The fourth-order valence-corrected chi connectivity index (χ4v) is 5.25. The average molecular weight is 574 g/mol. The highest BCUT2D eigenvalue weighted by atomic mass is 32.2. The molecule has 2 heterocycles. The van der Waals surface area contributed by atoms with Crippen molar-refractivity contribution in [3.8, 4) is 5.69 Å². The van der Waals surface area contributed by atoms with E-state index in [4.69, 9.17) is 14.2 Å². The second kappa shape index (κ2) is 14.0. The van der Waals surface area contributed by atoms with Gasteiger partial charge in [-0.3, -0.25) is 0 Å². The number of alkyl carbamates (subject to hydrolysis) is 1. The molecule has 1 aliphatic rings. The van der Waals surface area contributed by atoms with Crippen LogP contribution in [0.5, 0.6) is 0 Å². The number of aliphatic hydroxyl groups is 1. The van der Waals surface area contributed by atoms with Gasteiger partial charge in [0.25, 0.3) is 0 Å². The van der Waals surface area contributed by atoms with E-state index in [9.17, 15) is 9.90 Å². The number of thioether (sulfide) groups is 1. The van der Waals surface area contributed by atoms with Gasteiger partial charge in [-0.25, -0.2) is 4.79 Å². The van der Waals surface area contributed by atoms with Crippen molar-refractivity contribution in [2.75, 3.05) is 12.4 Å². The Labute approximate surface area is 242 Å². The lowest BCUT2D eigenvalue weighted by Crippen LogP contribution is -2.31. The lowest BCUT2D eigenvalue weighted by molar-refractivity contribution is -0.245. The van der Waals surface area contributed by atoms with Gasteiger partial charge in [0.1, 0.15) is 6.61 Å². The average Bonchev–Trinajstić information content (AvgIpc) is 3.51. The number of aromatic nitrogens is 4. The van der Waals surface area contributed by atoms with E-state index in [1.54, 1.807) is 4.68 Å². The van der Waals surface area contributed by atoms with Crippen molar-refractivity contribution in [1.82, 2.24) is 25.5 Å². The molecule has 2 N–H and O–H groups in total. The number of para-hydroxylation sites is 1. The monoisotopic (exact) mass is 573 g/mol. The van der Waals surface area contributed by atoms with Gasteiger partial charge >= 0.3 is 6.09 Å². The van der Waals surface area contributed by atoms with Gasteiger partial charge in [-0.15, -0.1) is 5.10 Å². The topological polar surface area (TPSA) is 121 Å². The molecule has 0 bridgehead atoms. The summed E-state index contributed by atoms with van der Waals surface area (Å²) in [6.45, 7) is 4.01.